The largest absolute Gasteiger partial charge is 0.388 e. The van der Waals surface area contributed by atoms with Crippen LogP contribution in [0.1, 0.15) is 52.0 Å². The fourth-order valence-electron chi connectivity index (χ4n) is 3.15. The Morgan fingerprint density at radius 2 is 1.93 bits per heavy atom. The van der Waals surface area contributed by atoms with Crippen molar-refractivity contribution in [2.24, 2.45) is 4.99 Å². The summed E-state index contributed by atoms with van der Waals surface area (Å²) in [5, 5.41) is 24.1. The molecule has 156 valence electrons. The fraction of sp³-hybridized carbons (Fsp3) is 0.550. The molecule has 0 spiro atoms. The van der Waals surface area contributed by atoms with Crippen LogP contribution >= 0.6 is 24.0 Å². The number of aromatic nitrogens is 3. The quantitative estimate of drug-likeness (QED) is 0.228. The highest BCUT2D eigenvalue weighted by Gasteiger charge is 2.24. The van der Waals surface area contributed by atoms with Gasteiger partial charge in [-0.2, -0.15) is 5.10 Å². The standard InChI is InChI=1S/C20H32N6O.HI/c1-4-10-20(27,11-5-2)14-23-19(21-6-3)22-13-16-8-7-9-17(12-16)18-24-15-25-26-18;/h7-9,12,15,27H,4-6,10-11,13-14H2,1-3H3,(H2,21,22,23)(H,24,25,26);1H. The second-order valence-corrected chi connectivity index (χ2v) is 6.81. The monoisotopic (exact) mass is 500 g/mol. The summed E-state index contributed by atoms with van der Waals surface area (Å²) in [5.74, 6) is 1.46. The van der Waals surface area contributed by atoms with E-state index in [1.54, 1.807) is 0 Å². The number of rotatable bonds is 10. The number of aliphatic hydroxyl groups is 1. The van der Waals surface area contributed by atoms with Gasteiger partial charge in [0.25, 0.3) is 0 Å². The molecule has 4 N–H and O–H groups in total. The van der Waals surface area contributed by atoms with Crippen LogP contribution in [0.3, 0.4) is 0 Å². The lowest BCUT2D eigenvalue weighted by Gasteiger charge is -2.28. The van der Waals surface area contributed by atoms with Crippen LogP contribution in [0.2, 0.25) is 0 Å². The van der Waals surface area contributed by atoms with Gasteiger partial charge in [0, 0.05) is 18.7 Å². The number of halogens is 1. The molecule has 0 fully saturated rings. The smallest absolute Gasteiger partial charge is 0.191 e. The van der Waals surface area contributed by atoms with E-state index < -0.39 is 5.60 Å². The molecule has 7 nitrogen and oxygen atoms in total. The van der Waals surface area contributed by atoms with Gasteiger partial charge in [-0.05, 0) is 31.4 Å². The van der Waals surface area contributed by atoms with Crippen molar-refractivity contribution in [3.05, 3.63) is 36.2 Å². The van der Waals surface area contributed by atoms with E-state index in [1.165, 1.54) is 6.33 Å². The average molecular weight is 500 g/mol. The average Bonchev–Trinajstić information content (AvgIpc) is 3.19. The van der Waals surface area contributed by atoms with Crippen LogP contribution in [0.4, 0.5) is 0 Å². The van der Waals surface area contributed by atoms with E-state index in [2.05, 4.69) is 50.7 Å². The third-order valence-corrected chi connectivity index (χ3v) is 4.40. The van der Waals surface area contributed by atoms with Gasteiger partial charge in [0.05, 0.1) is 12.1 Å². The van der Waals surface area contributed by atoms with Crippen LogP contribution in [-0.4, -0.2) is 44.9 Å². The Morgan fingerprint density at radius 1 is 1.18 bits per heavy atom. The minimum atomic E-state index is -0.689. The molecule has 0 unspecified atom stereocenters. The van der Waals surface area contributed by atoms with Crippen molar-refractivity contribution in [2.75, 3.05) is 13.1 Å². The van der Waals surface area contributed by atoms with Crippen LogP contribution in [0.5, 0.6) is 0 Å². The topological polar surface area (TPSA) is 98.2 Å². The molecule has 0 saturated carbocycles. The summed E-state index contributed by atoms with van der Waals surface area (Å²) in [6.07, 6.45) is 4.99. The molecule has 0 aliphatic carbocycles. The van der Waals surface area contributed by atoms with Crippen LogP contribution in [0.15, 0.2) is 35.6 Å². The van der Waals surface area contributed by atoms with E-state index in [4.69, 9.17) is 0 Å². The molecular formula is C20H33IN6O. The molecule has 28 heavy (non-hydrogen) atoms. The normalized spacial score (nSPS) is 11.8. The number of hydrogen-bond acceptors (Lipinski definition) is 4. The first-order valence-corrected chi connectivity index (χ1v) is 9.79. The molecule has 0 aliphatic heterocycles. The van der Waals surface area contributed by atoms with E-state index in [1.807, 2.05) is 25.1 Å². The first kappa shape index (κ1) is 24.4. The predicted octanol–water partition coefficient (Wildman–Crippen LogP) is 3.48. The van der Waals surface area contributed by atoms with Crippen molar-refractivity contribution in [1.29, 1.82) is 0 Å². The van der Waals surface area contributed by atoms with Gasteiger partial charge < -0.3 is 15.7 Å². The summed E-state index contributed by atoms with van der Waals surface area (Å²) in [7, 11) is 0. The second kappa shape index (κ2) is 12.7. The lowest BCUT2D eigenvalue weighted by atomic mass is 9.93. The Hall–Kier alpha value is -1.68. The Labute approximate surface area is 184 Å². The zero-order chi connectivity index (χ0) is 19.5. The Morgan fingerprint density at radius 3 is 2.54 bits per heavy atom. The molecule has 0 saturated heterocycles. The van der Waals surface area contributed by atoms with E-state index in [0.29, 0.717) is 19.0 Å². The summed E-state index contributed by atoms with van der Waals surface area (Å²) in [6, 6.07) is 8.08. The highest BCUT2D eigenvalue weighted by Crippen LogP contribution is 2.18. The minimum absolute atomic E-state index is 0. The summed E-state index contributed by atoms with van der Waals surface area (Å²) in [4.78, 5) is 8.86. The van der Waals surface area contributed by atoms with E-state index in [0.717, 1.165) is 49.2 Å². The number of H-pyrrole nitrogens is 1. The van der Waals surface area contributed by atoms with E-state index in [9.17, 15) is 5.11 Å². The molecule has 1 aromatic carbocycles. The SMILES string of the molecule is CCCC(O)(CCC)CNC(=NCc1cccc(-c2ncn[nH]2)c1)NCC.I. The molecule has 8 heteroatoms. The molecule has 0 radical (unpaired) electrons. The van der Waals surface area contributed by atoms with E-state index in [-0.39, 0.29) is 24.0 Å². The van der Waals surface area contributed by atoms with E-state index >= 15 is 0 Å². The number of nitrogens with zero attached hydrogens (tertiary/aromatic N) is 3. The molecule has 0 bridgehead atoms. The van der Waals surface area contributed by atoms with Crippen molar-refractivity contribution >= 4 is 29.9 Å². The highest BCUT2D eigenvalue weighted by molar-refractivity contribution is 14.0. The van der Waals surface area contributed by atoms with Crippen LogP contribution < -0.4 is 10.6 Å². The van der Waals surface area contributed by atoms with Crippen molar-refractivity contribution in [2.45, 2.75) is 58.6 Å². The van der Waals surface area contributed by atoms with Gasteiger partial charge >= 0.3 is 0 Å². The maximum Gasteiger partial charge on any atom is 0.191 e. The first-order chi connectivity index (χ1) is 13.1. The fourth-order valence-corrected chi connectivity index (χ4v) is 3.15. The van der Waals surface area contributed by atoms with Gasteiger partial charge in [0.2, 0.25) is 0 Å². The van der Waals surface area contributed by atoms with Gasteiger partial charge in [0.15, 0.2) is 11.8 Å². The number of aliphatic imine (C=N–C) groups is 1. The summed E-state index contributed by atoms with van der Waals surface area (Å²) < 4.78 is 0. The lowest BCUT2D eigenvalue weighted by molar-refractivity contribution is 0.0257. The van der Waals surface area contributed by atoms with Gasteiger partial charge in [-0.25, -0.2) is 9.98 Å². The van der Waals surface area contributed by atoms with Crippen LogP contribution in [0, 0.1) is 0 Å². The second-order valence-electron chi connectivity index (χ2n) is 6.81. The summed E-state index contributed by atoms with van der Waals surface area (Å²) in [5.41, 5.74) is 1.38. The molecule has 2 aromatic rings. The van der Waals surface area contributed by atoms with Gasteiger partial charge in [-0.3, -0.25) is 5.10 Å². The predicted molar refractivity (Wildman–Crippen MR) is 125 cm³/mol. The third kappa shape index (κ3) is 7.75. The first-order valence-electron chi connectivity index (χ1n) is 9.79. The van der Waals surface area contributed by atoms with Crippen LogP contribution in [0.25, 0.3) is 11.4 Å². The summed E-state index contributed by atoms with van der Waals surface area (Å²) in [6.45, 7) is 8.04. The molecular weight excluding hydrogens is 467 g/mol. The van der Waals surface area contributed by atoms with Crippen LogP contribution in [-0.2, 0) is 6.54 Å². The number of hydrogen-bond donors (Lipinski definition) is 4. The summed E-state index contributed by atoms with van der Waals surface area (Å²) >= 11 is 0. The molecule has 0 atom stereocenters. The molecule has 0 aliphatic rings. The van der Waals surface area contributed by atoms with Gasteiger partial charge in [-0.1, -0.05) is 44.9 Å². The number of guanidine groups is 1. The number of aromatic amines is 1. The number of nitrogens with one attached hydrogen (secondary N) is 3. The molecule has 0 amide bonds. The van der Waals surface area contributed by atoms with Crippen molar-refractivity contribution < 1.29 is 5.11 Å². The van der Waals surface area contributed by atoms with Crippen molar-refractivity contribution in [3.8, 4) is 11.4 Å². The Kier molecular flexibility index (Phi) is 11.1. The van der Waals surface area contributed by atoms with Gasteiger partial charge in [0.1, 0.15) is 6.33 Å². The third-order valence-electron chi connectivity index (χ3n) is 4.40. The maximum absolute atomic E-state index is 10.8. The maximum atomic E-state index is 10.8. The minimum Gasteiger partial charge on any atom is -0.388 e. The van der Waals surface area contributed by atoms with Crippen molar-refractivity contribution in [3.63, 3.8) is 0 Å². The Bertz CT molecular complexity index is 698. The van der Waals surface area contributed by atoms with Crippen molar-refractivity contribution in [1.82, 2.24) is 25.8 Å². The lowest BCUT2D eigenvalue weighted by Crippen LogP contribution is -2.47. The Balaban J connectivity index is 0.00000392. The zero-order valence-corrected chi connectivity index (χ0v) is 19.4. The highest BCUT2D eigenvalue weighted by atomic mass is 127. The molecule has 2 rings (SSSR count). The molecule has 1 heterocycles. The molecule has 1 aromatic heterocycles. The van der Waals surface area contributed by atoms with Gasteiger partial charge in [-0.15, -0.1) is 24.0 Å². The number of benzene rings is 1. The zero-order valence-electron chi connectivity index (χ0n) is 17.0.